The van der Waals surface area contributed by atoms with E-state index in [9.17, 15) is 0 Å². The van der Waals surface area contributed by atoms with Crippen molar-refractivity contribution in [1.29, 1.82) is 0 Å². The van der Waals surface area contributed by atoms with Gasteiger partial charge in [0.15, 0.2) is 11.6 Å². The lowest BCUT2D eigenvalue weighted by molar-refractivity contribution is 1.19. The monoisotopic (exact) mass is 1680 g/mol. The van der Waals surface area contributed by atoms with Gasteiger partial charge in [-0.2, -0.15) is 0 Å². The van der Waals surface area contributed by atoms with E-state index >= 15 is 0 Å². The molecule has 0 radical (unpaired) electrons. The molecule has 22 aromatic carbocycles. The van der Waals surface area contributed by atoms with Crippen LogP contribution in [0.5, 0.6) is 0 Å². The Morgan fingerprint density at radius 1 is 0.136 bits per heavy atom. The number of hydrogen-bond acceptors (Lipinski definition) is 4. The third-order valence-corrected chi connectivity index (χ3v) is 26.5. The fraction of sp³-hybridized carbons (Fsp3) is 0. The molecule has 0 aliphatic carbocycles. The fourth-order valence-corrected chi connectivity index (χ4v) is 20.1. The highest BCUT2D eigenvalue weighted by Gasteiger charge is 2.26. The number of benzene rings is 22. The summed E-state index contributed by atoms with van der Waals surface area (Å²) in [4.78, 5) is 22.2. The average molecular weight is 1680 g/mol. The van der Waals surface area contributed by atoms with Gasteiger partial charge in [-0.15, -0.1) is 0 Å². The molecular weight excluding hydrogens is 1600 g/mol. The third-order valence-electron chi connectivity index (χ3n) is 26.5. The molecule has 0 N–H and O–H groups in total. The Bertz CT molecular complexity index is 9030. The molecule has 26 aromatic rings. The third kappa shape index (κ3) is 13.6. The Balaban J connectivity index is 0.000000142. The molecule has 0 aliphatic rings. The van der Waals surface area contributed by atoms with Gasteiger partial charge >= 0.3 is 0 Å². The van der Waals surface area contributed by atoms with Crippen LogP contribution in [0.15, 0.2) is 485 Å². The summed E-state index contributed by atoms with van der Waals surface area (Å²) < 4.78 is 4.91. The molecule has 0 saturated carbocycles. The van der Waals surface area contributed by atoms with Crippen molar-refractivity contribution in [2.24, 2.45) is 0 Å². The first-order chi connectivity index (χ1) is 65.4. The number of hydrogen-bond donors (Lipinski definition) is 0. The van der Waals surface area contributed by atoms with Gasteiger partial charge in [0.2, 0.25) is 0 Å². The van der Waals surface area contributed by atoms with Crippen molar-refractivity contribution >= 4 is 119 Å². The van der Waals surface area contributed by atoms with Crippen molar-refractivity contribution in [3.63, 3.8) is 0 Å². The van der Waals surface area contributed by atoms with E-state index in [0.717, 1.165) is 149 Å². The topological polar surface area (TPSA) is 61.4 Å². The van der Waals surface area contributed by atoms with Crippen LogP contribution in [-0.4, -0.2) is 29.1 Å². The standard InChI is InChI=1S/C64H41N3.C62H39N3/c1-5-17-42(18-6-1)44-29-31-47(32-30-44)63-58-40-54(45-21-9-3-10-22-45)55(46-23-11-4-12-24-46)41-59(58)65-64(66-63)53-34-36-60(52-28-16-15-27-51(52)53)67-61-35-33-50(43-19-7-2-8-20-43)38-56(61)57-37-48-25-13-14-26-49(48)39-62(57)67;1-4-16-40(17-5-1)47-30-32-59-54(36-47)55-35-45-24-12-13-25-46(45)37-60(55)65(59)58-33-31-51(49-26-14-15-27-50(49)58)62-63-57-39-53(43-21-8-3-9-22-43)52(42-19-6-2-7-20-42)38-56(57)61(64-62)48-29-28-41-18-10-11-23-44(41)34-48/h1-41H;1-39H. The van der Waals surface area contributed by atoms with Crippen LogP contribution >= 0.6 is 0 Å². The molecule has 0 spiro atoms. The molecule has 0 saturated heterocycles. The van der Waals surface area contributed by atoms with Crippen LogP contribution in [0.25, 0.3) is 254 Å². The Morgan fingerprint density at radius 3 is 0.826 bits per heavy atom. The molecule has 0 unspecified atom stereocenters. The first-order valence-corrected chi connectivity index (χ1v) is 45.1. The van der Waals surface area contributed by atoms with Gasteiger partial charge in [0.05, 0.1) is 55.9 Å². The van der Waals surface area contributed by atoms with Crippen molar-refractivity contribution in [2.75, 3.05) is 0 Å². The zero-order valence-electron chi connectivity index (χ0n) is 71.9. The Morgan fingerprint density at radius 2 is 0.424 bits per heavy atom. The lowest BCUT2D eigenvalue weighted by atomic mass is 9.91. The van der Waals surface area contributed by atoms with Gasteiger partial charge in [0, 0.05) is 65.3 Å². The van der Waals surface area contributed by atoms with Crippen molar-refractivity contribution < 1.29 is 0 Å². The maximum absolute atomic E-state index is 5.58. The number of nitrogens with zero attached hydrogens (tertiary/aromatic N) is 6. The Labute approximate surface area is 762 Å². The average Bonchev–Trinajstić information content (AvgIpc) is 1.38. The van der Waals surface area contributed by atoms with E-state index in [1.54, 1.807) is 0 Å². The number of fused-ring (bicyclic) bond motifs is 13. The van der Waals surface area contributed by atoms with Crippen molar-refractivity contribution in [3.05, 3.63) is 485 Å². The van der Waals surface area contributed by atoms with Crippen molar-refractivity contribution in [3.8, 4) is 135 Å². The minimum atomic E-state index is 0.685. The Kier molecular flexibility index (Phi) is 18.8. The lowest BCUT2D eigenvalue weighted by Gasteiger charge is -2.17. The summed E-state index contributed by atoms with van der Waals surface area (Å²) in [6.45, 7) is 0. The zero-order chi connectivity index (χ0) is 87.1. The minimum absolute atomic E-state index is 0.685. The van der Waals surface area contributed by atoms with Gasteiger partial charge < -0.3 is 9.13 Å². The predicted molar refractivity (Wildman–Crippen MR) is 555 cm³/mol. The molecule has 0 fully saturated rings. The molecule has 6 nitrogen and oxygen atoms in total. The van der Waals surface area contributed by atoms with Crippen LogP contribution < -0.4 is 0 Å². The first-order valence-electron chi connectivity index (χ1n) is 45.1. The second kappa shape index (κ2) is 32.4. The van der Waals surface area contributed by atoms with E-state index in [-0.39, 0.29) is 0 Å². The van der Waals surface area contributed by atoms with E-state index in [4.69, 9.17) is 19.9 Å². The predicted octanol–water partition coefficient (Wildman–Crippen LogP) is 33.6. The van der Waals surface area contributed by atoms with Crippen LogP contribution in [0.2, 0.25) is 0 Å². The van der Waals surface area contributed by atoms with Gasteiger partial charge in [-0.25, -0.2) is 19.9 Å². The smallest absolute Gasteiger partial charge is 0.161 e. The lowest BCUT2D eigenvalue weighted by Crippen LogP contribution is -2.00. The maximum atomic E-state index is 5.58. The van der Waals surface area contributed by atoms with Gasteiger partial charge in [-0.1, -0.05) is 382 Å². The molecule has 0 bridgehead atoms. The molecule has 4 heterocycles. The normalized spacial score (nSPS) is 11.6. The van der Waals surface area contributed by atoms with Crippen LogP contribution in [0, 0.1) is 0 Å². The van der Waals surface area contributed by atoms with Crippen LogP contribution in [0.1, 0.15) is 0 Å². The molecule has 26 rings (SSSR count). The second-order valence-electron chi connectivity index (χ2n) is 34.2. The van der Waals surface area contributed by atoms with Gasteiger partial charge in [0.1, 0.15) is 0 Å². The molecule has 0 atom stereocenters. The van der Waals surface area contributed by atoms with E-state index in [1.807, 2.05) is 0 Å². The molecule has 614 valence electrons. The first kappa shape index (κ1) is 76.8. The summed E-state index contributed by atoms with van der Waals surface area (Å²) in [5, 5.41) is 18.6. The summed E-state index contributed by atoms with van der Waals surface area (Å²) in [5.74, 6) is 1.38. The molecule has 0 amide bonds. The van der Waals surface area contributed by atoms with Gasteiger partial charge in [-0.3, -0.25) is 0 Å². The quantitative estimate of drug-likeness (QED) is 0.115. The minimum Gasteiger partial charge on any atom is -0.309 e. The number of aromatic nitrogens is 6. The van der Waals surface area contributed by atoms with E-state index in [0.29, 0.717) is 11.6 Å². The van der Waals surface area contributed by atoms with E-state index < -0.39 is 0 Å². The molecule has 4 aromatic heterocycles. The van der Waals surface area contributed by atoms with Crippen LogP contribution in [0.3, 0.4) is 0 Å². The summed E-state index contributed by atoms with van der Waals surface area (Å²) in [6, 6.07) is 175. The molecular formula is C126H80N6. The number of rotatable bonds is 13. The van der Waals surface area contributed by atoms with E-state index in [2.05, 4.69) is 494 Å². The molecule has 6 heteroatoms. The fourth-order valence-electron chi connectivity index (χ4n) is 20.1. The summed E-state index contributed by atoms with van der Waals surface area (Å²) in [5.41, 5.74) is 30.8. The highest BCUT2D eigenvalue weighted by atomic mass is 15.0. The molecule has 132 heavy (non-hydrogen) atoms. The highest BCUT2D eigenvalue weighted by molar-refractivity contribution is 6.19. The van der Waals surface area contributed by atoms with E-state index in [1.165, 1.54) is 92.7 Å². The maximum Gasteiger partial charge on any atom is 0.161 e. The van der Waals surface area contributed by atoms with Gasteiger partial charge in [0.25, 0.3) is 0 Å². The van der Waals surface area contributed by atoms with Crippen LogP contribution in [-0.2, 0) is 0 Å². The van der Waals surface area contributed by atoms with Crippen molar-refractivity contribution in [1.82, 2.24) is 29.1 Å². The largest absolute Gasteiger partial charge is 0.309 e. The summed E-state index contributed by atoms with van der Waals surface area (Å²) >= 11 is 0. The molecule has 0 aliphatic heterocycles. The zero-order valence-corrected chi connectivity index (χ0v) is 71.9. The van der Waals surface area contributed by atoms with Crippen molar-refractivity contribution in [2.45, 2.75) is 0 Å². The summed E-state index contributed by atoms with van der Waals surface area (Å²) in [6.07, 6.45) is 0. The Hall–Kier alpha value is -17.6. The highest BCUT2D eigenvalue weighted by Crippen LogP contribution is 2.48. The SMILES string of the molecule is c1ccc(-c2ccc(-c3nc(-c4ccc(-n5c6ccc(-c7ccccc7)cc6c6cc7ccccc7cc65)c5ccccc45)nc4cc(-c5ccccc5)c(-c5ccccc5)cc34)cc2)cc1.c1ccc(-c2ccc3c(c2)c2cc4ccccc4cc2n3-c2ccc(-c3nc(-c4ccc5ccccc5c4)c4cc(-c5ccccc5)c(-c5ccccc5)cc4n3)c3ccccc23)cc1. The summed E-state index contributed by atoms with van der Waals surface area (Å²) in [7, 11) is 0. The second-order valence-corrected chi connectivity index (χ2v) is 34.2. The van der Waals surface area contributed by atoms with Crippen LogP contribution in [0.4, 0.5) is 0 Å². The van der Waals surface area contributed by atoms with Gasteiger partial charge in [-0.05, 0) is 224 Å².